The summed E-state index contributed by atoms with van der Waals surface area (Å²) in [5.41, 5.74) is 1.62. The third kappa shape index (κ3) is 4.39. The van der Waals surface area contributed by atoms with Crippen LogP contribution < -0.4 is 5.32 Å². The molecule has 3 fully saturated rings. The first-order valence-corrected chi connectivity index (χ1v) is 13.9. The number of fused-ring (bicyclic) bond motifs is 1. The number of benzene rings is 1. The van der Waals surface area contributed by atoms with Crippen molar-refractivity contribution in [3.63, 3.8) is 0 Å². The Morgan fingerprint density at radius 2 is 1.92 bits per heavy atom. The molecule has 2 saturated heterocycles. The summed E-state index contributed by atoms with van der Waals surface area (Å²) in [6.45, 7) is 9.08. The normalized spacial score (nSPS) is 29.4. The van der Waals surface area contributed by atoms with E-state index in [4.69, 9.17) is 16.3 Å². The lowest BCUT2D eigenvalue weighted by molar-refractivity contribution is -0.118. The standard InChI is InChI=1S/C30H35ClN4O3/c1-29(2)26(23-6-4-5-9-32-23)27(29)28(37)34-25-14-19-12-21(22(31)13-20(19)15-33-25)18-7-10-35(11-8-18)30(3)17-38-16-24(30)36/h4-6,9,12-15,18,24,26-27,36H,7-8,10-11,16-17H2,1-3H3,(H,33,34,37). The number of nitrogens with zero attached hydrogens (tertiary/aromatic N) is 3. The number of amides is 1. The van der Waals surface area contributed by atoms with Gasteiger partial charge in [-0.2, -0.15) is 0 Å². The van der Waals surface area contributed by atoms with E-state index in [1.165, 1.54) is 0 Å². The number of aliphatic hydroxyl groups excluding tert-OH is 1. The van der Waals surface area contributed by atoms with E-state index in [1.54, 1.807) is 12.4 Å². The van der Waals surface area contributed by atoms with Crippen LogP contribution in [0.1, 0.15) is 56.7 Å². The maximum absolute atomic E-state index is 13.2. The van der Waals surface area contributed by atoms with Gasteiger partial charge in [-0.1, -0.05) is 31.5 Å². The Morgan fingerprint density at radius 1 is 1.13 bits per heavy atom. The Kier molecular flexibility index (Phi) is 6.46. The summed E-state index contributed by atoms with van der Waals surface area (Å²) in [5.74, 6) is 0.816. The molecule has 38 heavy (non-hydrogen) atoms. The molecule has 1 aromatic carbocycles. The fraction of sp³-hybridized carbons (Fsp3) is 0.500. The molecule has 6 rings (SSSR count). The van der Waals surface area contributed by atoms with Gasteiger partial charge in [-0.15, -0.1) is 0 Å². The molecule has 4 unspecified atom stereocenters. The lowest BCUT2D eigenvalue weighted by Gasteiger charge is -2.43. The van der Waals surface area contributed by atoms with Crippen molar-refractivity contribution in [3.8, 4) is 0 Å². The smallest absolute Gasteiger partial charge is 0.229 e. The SMILES string of the molecule is CC1(C)C(C(=O)Nc2cc3cc(C4CCN(C5(C)COCC5O)CC4)c(Cl)cc3cn2)C1c1ccccn1. The van der Waals surface area contributed by atoms with E-state index in [-0.39, 0.29) is 28.7 Å². The van der Waals surface area contributed by atoms with Gasteiger partial charge in [0.2, 0.25) is 5.91 Å². The Morgan fingerprint density at radius 3 is 2.61 bits per heavy atom. The predicted molar refractivity (Wildman–Crippen MR) is 148 cm³/mol. The average Bonchev–Trinajstić information content (AvgIpc) is 3.34. The Balaban J connectivity index is 1.17. The second kappa shape index (κ2) is 9.56. The molecule has 1 aliphatic carbocycles. The fourth-order valence-electron chi connectivity index (χ4n) is 6.66. The molecule has 2 aliphatic heterocycles. The first kappa shape index (κ1) is 25.7. The minimum absolute atomic E-state index is 0.0226. The van der Waals surface area contributed by atoms with E-state index in [0.29, 0.717) is 24.9 Å². The van der Waals surface area contributed by atoms with Crippen molar-refractivity contribution >= 4 is 34.1 Å². The molecule has 3 aromatic rings. The van der Waals surface area contributed by atoms with Crippen LogP contribution in [-0.4, -0.2) is 63.8 Å². The van der Waals surface area contributed by atoms with Gasteiger partial charge in [-0.25, -0.2) is 4.98 Å². The number of pyridine rings is 2. The number of likely N-dealkylation sites (tertiary alicyclic amines) is 1. The molecule has 0 radical (unpaired) electrons. The zero-order valence-electron chi connectivity index (χ0n) is 22.2. The Labute approximate surface area is 228 Å². The van der Waals surface area contributed by atoms with E-state index in [1.807, 2.05) is 30.3 Å². The highest BCUT2D eigenvalue weighted by atomic mass is 35.5. The molecule has 0 bridgehead atoms. The number of piperidine rings is 1. The topological polar surface area (TPSA) is 87.6 Å². The number of hydrogen-bond donors (Lipinski definition) is 2. The van der Waals surface area contributed by atoms with Gasteiger partial charge in [-0.3, -0.25) is 14.7 Å². The van der Waals surface area contributed by atoms with Crippen molar-refractivity contribution in [1.82, 2.24) is 14.9 Å². The van der Waals surface area contributed by atoms with Gasteiger partial charge in [0.05, 0.1) is 30.8 Å². The van der Waals surface area contributed by atoms with Crippen molar-refractivity contribution in [2.45, 2.75) is 57.1 Å². The highest BCUT2D eigenvalue weighted by Gasteiger charge is 2.63. The minimum Gasteiger partial charge on any atom is -0.389 e. The van der Waals surface area contributed by atoms with Crippen molar-refractivity contribution in [2.75, 3.05) is 31.6 Å². The monoisotopic (exact) mass is 534 g/mol. The van der Waals surface area contributed by atoms with Gasteiger partial charge in [0.1, 0.15) is 5.82 Å². The van der Waals surface area contributed by atoms with Gasteiger partial charge >= 0.3 is 0 Å². The molecule has 1 saturated carbocycles. The van der Waals surface area contributed by atoms with Crippen molar-refractivity contribution < 1.29 is 14.6 Å². The van der Waals surface area contributed by atoms with Crippen molar-refractivity contribution in [3.05, 3.63) is 65.1 Å². The summed E-state index contributed by atoms with van der Waals surface area (Å²) in [4.78, 5) is 24.6. The van der Waals surface area contributed by atoms with Gasteiger partial charge in [-0.05, 0) is 85.5 Å². The molecule has 4 atom stereocenters. The number of ether oxygens (including phenoxy) is 1. The third-order valence-corrected chi connectivity index (χ3v) is 9.58. The van der Waals surface area contributed by atoms with Crippen LogP contribution in [0.4, 0.5) is 5.82 Å². The Bertz CT molecular complexity index is 1360. The number of anilines is 1. The molecule has 1 amide bonds. The van der Waals surface area contributed by atoms with Gasteiger partial charge in [0.25, 0.3) is 0 Å². The molecule has 3 aliphatic rings. The molecule has 2 N–H and O–H groups in total. The highest BCUT2D eigenvalue weighted by Crippen LogP contribution is 2.64. The zero-order valence-corrected chi connectivity index (χ0v) is 22.9. The van der Waals surface area contributed by atoms with Crippen LogP contribution in [0, 0.1) is 11.3 Å². The largest absolute Gasteiger partial charge is 0.389 e. The molecule has 7 nitrogen and oxygen atoms in total. The molecule has 4 heterocycles. The number of aliphatic hydroxyl groups is 1. The second-order valence-electron chi connectivity index (χ2n) is 12.0. The quantitative estimate of drug-likeness (QED) is 0.479. The van der Waals surface area contributed by atoms with E-state index in [9.17, 15) is 9.90 Å². The average molecular weight is 535 g/mol. The predicted octanol–water partition coefficient (Wildman–Crippen LogP) is 4.99. The zero-order chi connectivity index (χ0) is 26.7. The summed E-state index contributed by atoms with van der Waals surface area (Å²) in [6, 6.07) is 11.9. The summed E-state index contributed by atoms with van der Waals surface area (Å²) in [7, 11) is 0. The number of carbonyl (C=O) groups excluding carboxylic acids is 1. The van der Waals surface area contributed by atoms with Crippen LogP contribution >= 0.6 is 11.6 Å². The number of rotatable bonds is 5. The fourth-order valence-corrected chi connectivity index (χ4v) is 6.99. The maximum Gasteiger partial charge on any atom is 0.229 e. The van der Waals surface area contributed by atoms with Crippen LogP contribution in [-0.2, 0) is 9.53 Å². The van der Waals surface area contributed by atoms with E-state index < -0.39 is 6.10 Å². The molecule has 200 valence electrons. The van der Waals surface area contributed by atoms with Crippen LogP contribution in [0.3, 0.4) is 0 Å². The van der Waals surface area contributed by atoms with Gasteiger partial charge < -0.3 is 15.2 Å². The second-order valence-corrected chi connectivity index (χ2v) is 12.4. The number of hydrogen-bond acceptors (Lipinski definition) is 6. The molecule has 2 aromatic heterocycles. The summed E-state index contributed by atoms with van der Waals surface area (Å²) in [6.07, 6.45) is 5.04. The van der Waals surface area contributed by atoms with Crippen molar-refractivity contribution in [2.24, 2.45) is 11.3 Å². The highest BCUT2D eigenvalue weighted by molar-refractivity contribution is 6.32. The lowest BCUT2D eigenvalue weighted by atomic mass is 9.85. The maximum atomic E-state index is 13.2. The number of nitrogens with one attached hydrogen (secondary N) is 1. The lowest BCUT2D eigenvalue weighted by Crippen LogP contribution is -2.56. The van der Waals surface area contributed by atoms with E-state index in [2.05, 4.69) is 47.0 Å². The van der Waals surface area contributed by atoms with Crippen LogP contribution in [0.25, 0.3) is 10.8 Å². The first-order chi connectivity index (χ1) is 18.2. The van der Waals surface area contributed by atoms with Gasteiger partial charge in [0, 0.05) is 34.4 Å². The minimum atomic E-state index is -0.454. The molecular weight excluding hydrogens is 500 g/mol. The third-order valence-electron chi connectivity index (χ3n) is 9.25. The van der Waals surface area contributed by atoms with Crippen LogP contribution in [0.15, 0.2) is 48.8 Å². The van der Waals surface area contributed by atoms with Crippen molar-refractivity contribution in [1.29, 1.82) is 0 Å². The summed E-state index contributed by atoms with van der Waals surface area (Å²) in [5, 5.41) is 16.2. The number of halogens is 1. The summed E-state index contributed by atoms with van der Waals surface area (Å²) < 4.78 is 5.55. The molecule has 0 spiro atoms. The van der Waals surface area contributed by atoms with E-state index in [0.717, 1.165) is 53.0 Å². The Hall–Kier alpha value is -2.58. The van der Waals surface area contributed by atoms with Crippen LogP contribution in [0.2, 0.25) is 5.02 Å². The van der Waals surface area contributed by atoms with Crippen LogP contribution in [0.5, 0.6) is 0 Å². The van der Waals surface area contributed by atoms with Gasteiger partial charge in [0.15, 0.2) is 0 Å². The number of aromatic nitrogens is 2. The summed E-state index contributed by atoms with van der Waals surface area (Å²) >= 11 is 6.75. The first-order valence-electron chi connectivity index (χ1n) is 13.5. The number of carbonyl (C=O) groups is 1. The molecular formula is C30H35ClN4O3. The molecule has 8 heteroatoms. The van der Waals surface area contributed by atoms with E-state index >= 15 is 0 Å².